The van der Waals surface area contributed by atoms with Crippen LogP contribution in [0.4, 0.5) is 0 Å². The molecule has 0 spiro atoms. The Morgan fingerprint density at radius 2 is 2.12 bits per heavy atom. The van der Waals surface area contributed by atoms with Gasteiger partial charge in [0.2, 0.25) is 0 Å². The summed E-state index contributed by atoms with van der Waals surface area (Å²) in [4.78, 5) is 14.5. The lowest BCUT2D eigenvalue weighted by molar-refractivity contribution is -0.123. The summed E-state index contributed by atoms with van der Waals surface area (Å²) in [6.07, 6.45) is 8.52. The van der Waals surface area contributed by atoms with E-state index in [2.05, 4.69) is 29.3 Å². The van der Waals surface area contributed by atoms with E-state index in [-0.39, 0.29) is 12.5 Å². The molecule has 132 valence electrons. The van der Waals surface area contributed by atoms with Crippen LogP contribution in [-0.2, 0) is 17.6 Å². The van der Waals surface area contributed by atoms with E-state index in [1.807, 2.05) is 6.07 Å². The minimum absolute atomic E-state index is 0.0257. The molecule has 3 rings (SSSR count). The number of hydrogen-bond acceptors (Lipinski definition) is 3. The van der Waals surface area contributed by atoms with Crippen molar-refractivity contribution in [1.82, 2.24) is 10.2 Å². The summed E-state index contributed by atoms with van der Waals surface area (Å²) in [7, 11) is 0. The molecule has 0 bridgehead atoms. The molecule has 0 saturated carbocycles. The second kappa shape index (κ2) is 8.52. The minimum atomic E-state index is -0.0257. The smallest absolute Gasteiger partial charge is 0.257 e. The number of hydrogen-bond donors (Lipinski definition) is 1. The zero-order valence-electron chi connectivity index (χ0n) is 14.9. The van der Waals surface area contributed by atoms with Crippen molar-refractivity contribution < 1.29 is 9.53 Å². The van der Waals surface area contributed by atoms with Crippen LogP contribution in [0.1, 0.15) is 50.2 Å². The summed E-state index contributed by atoms with van der Waals surface area (Å²) in [6.45, 7) is 5.43. The van der Waals surface area contributed by atoms with Crippen LogP contribution in [0.2, 0.25) is 0 Å². The summed E-state index contributed by atoms with van der Waals surface area (Å²) in [5.74, 6) is 0.787. The molecule has 1 heterocycles. The van der Waals surface area contributed by atoms with Gasteiger partial charge in [0, 0.05) is 19.1 Å². The van der Waals surface area contributed by atoms with E-state index in [4.69, 9.17) is 4.74 Å². The van der Waals surface area contributed by atoms with Gasteiger partial charge in [-0.25, -0.2) is 0 Å². The largest absolute Gasteiger partial charge is 0.484 e. The maximum atomic E-state index is 11.9. The van der Waals surface area contributed by atoms with E-state index in [1.165, 1.54) is 49.8 Å². The molecule has 0 unspecified atom stereocenters. The summed E-state index contributed by atoms with van der Waals surface area (Å²) in [5.41, 5.74) is 2.81. The molecule has 0 aromatic heterocycles. The number of aryl methyl sites for hydroxylation is 2. The quantitative estimate of drug-likeness (QED) is 0.782. The highest BCUT2D eigenvalue weighted by molar-refractivity contribution is 5.77. The molecule has 4 heteroatoms. The molecule has 1 aliphatic heterocycles. The van der Waals surface area contributed by atoms with Crippen LogP contribution in [0.3, 0.4) is 0 Å². The van der Waals surface area contributed by atoms with Crippen molar-refractivity contribution in [2.24, 2.45) is 0 Å². The van der Waals surface area contributed by atoms with Gasteiger partial charge in [-0.2, -0.15) is 0 Å². The van der Waals surface area contributed by atoms with Crippen molar-refractivity contribution >= 4 is 5.91 Å². The van der Waals surface area contributed by atoms with E-state index in [0.29, 0.717) is 6.04 Å². The van der Waals surface area contributed by atoms with E-state index in [1.54, 1.807) is 0 Å². The van der Waals surface area contributed by atoms with Gasteiger partial charge in [-0.05, 0) is 75.3 Å². The van der Waals surface area contributed by atoms with Gasteiger partial charge in [-0.15, -0.1) is 0 Å². The summed E-state index contributed by atoms with van der Waals surface area (Å²) in [6, 6.07) is 6.90. The molecule has 1 aliphatic carbocycles. The van der Waals surface area contributed by atoms with Crippen LogP contribution in [0.25, 0.3) is 0 Å². The topological polar surface area (TPSA) is 41.6 Å². The fourth-order valence-corrected chi connectivity index (χ4v) is 3.84. The Kier molecular flexibility index (Phi) is 6.13. The Morgan fingerprint density at radius 3 is 3.00 bits per heavy atom. The fraction of sp³-hybridized carbons (Fsp3) is 0.650. The number of amides is 1. The molecule has 2 aliphatic rings. The number of nitrogens with one attached hydrogen (secondary N) is 1. The Labute approximate surface area is 145 Å². The minimum Gasteiger partial charge on any atom is -0.484 e. The van der Waals surface area contributed by atoms with Crippen molar-refractivity contribution in [1.29, 1.82) is 0 Å². The normalized spacial score (nSPS) is 20.6. The third-order valence-corrected chi connectivity index (χ3v) is 5.32. The Bertz CT molecular complexity index is 559. The monoisotopic (exact) mass is 330 g/mol. The molecule has 1 atom stereocenters. The van der Waals surface area contributed by atoms with Crippen LogP contribution in [-0.4, -0.2) is 43.1 Å². The van der Waals surface area contributed by atoms with Crippen LogP contribution in [0.5, 0.6) is 5.75 Å². The highest BCUT2D eigenvalue weighted by Gasteiger charge is 2.17. The van der Waals surface area contributed by atoms with Crippen LogP contribution < -0.4 is 10.1 Å². The lowest BCUT2D eigenvalue weighted by atomic mass is 10.0. The van der Waals surface area contributed by atoms with Gasteiger partial charge < -0.3 is 15.0 Å². The van der Waals surface area contributed by atoms with Gasteiger partial charge in [0.1, 0.15) is 5.75 Å². The number of fused-ring (bicyclic) bond motifs is 1. The molecular weight excluding hydrogens is 300 g/mol. The standard InChI is InChI=1S/C20H30N2O2/c1-16-6-2-3-12-22(16)13-5-11-21-20(23)15-24-19-10-9-17-7-4-8-18(17)14-19/h9-10,14,16H,2-8,11-13,15H2,1H3,(H,21,23)/t16-/m1/s1. The molecule has 1 aromatic carbocycles. The van der Waals surface area contributed by atoms with Crippen molar-refractivity contribution in [3.05, 3.63) is 29.3 Å². The van der Waals surface area contributed by atoms with Gasteiger partial charge >= 0.3 is 0 Å². The second-order valence-electron chi connectivity index (χ2n) is 7.16. The number of carbonyl (C=O) groups is 1. The molecule has 1 fully saturated rings. The van der Waals surface area contributed by atoms with Gasteiger partial charge in [-0.1, -0.05) is 12.5 Å². The zero-order chi connectivity index (χ0) is 16.8. The number of benzene rings is 1. The zero-order valence-corrected chi connectivity index (χ0v) is 14.9. The first kappa shape index (κ1) is 17.3. The van der Waals surface area contributed by atoms with E-state index in [9.17, 15) is 4.79 Å². The Hall–Kier alpha value is -1.55. The molecule has 1 N–H and O–H groups in total. The predicted octanol–water partition coefficient (Wildman–Crippen LogP) is 2.93. The first-order valence-corrected chi connectivity index (χ1v) is 9.48. The Balaban J connectivity index is 1.31. The van der Waals surface area contributed by atoms with E-state index in [0.717, 1.165) is 31.7 Å². The van der Waals surface area contributed by atoms with Gasteiger partial charge in [0.15, 0.2) is 6.61 Å². The molecule has 24 heavy (non-hydrogen) atoms. The average molecular weight is 330 g/mol. The van der Waals surface area contributed by atoms with Gasteiger partial charge in [-0.3, -0.25) is 4.79 Å². The molecule has 4 nitrogen and oxygen atoms in total. The molecule has 1 aromatic rings. The molecular formula is C20H30N2O2. The maximum absolute atomic E-state index is 11.9. The highest BCUT2D eigenvalue weighted by Crippen LogP contribution is 2.25. The number of ether oxygens (including phenoxy) is 1. The summed E-state index contributed by atoms with van der Waals surface area (Å²) >= 11 is 0. The van der Waals surface area contributed by atoms with Gasteiger partial charge in [0.25, 0.3) is 5.91 Å². The number of nitrogens with zero attached hydrogens (tertiary/aromatic N) is 1. The summed E-state index contributed by atoms with van der Waals surface area (Å²) < 4.78 is 5.63. The summed E-state index contributed by atoms with van der Waals surface area (Å²) in [5, 5.41) is 2.97. The third kappa shape index (κ3) is 4.73. The maximum Gasteiger partial charge on any atom is 0.257 e. The number of piperidine rings is 1. The van der Waals surface area contributed by atoms with Crippen molar-refractivity contribution in [3.63, 3.8) is 0 Å². The third-order valence-electron chi connectivity index (χ3n) is 5.32. The average Bonchev–Trinajstić information content (AvgIpc) is 3.06. The fourth-order valence-electron chi connectivity index (χ4n) is 3.84. The van der Waals surface area contributed by atoms with Gasteiger partial charge in [0.05, 0.1) is 0 Å². The lowest BCUT2D eigenvalue weighted by Crippen LogP contribution is -2.39. The van der Waals surface area contributed by atoms with Crippen LogP contribution >= 0.6 is 0 Å². The first-order valence-electron chi connectivity index (χ1n) is 9.48. The number of likely N-dealkylation sites (tertiary alicyclic amines) is 1. The van der Waals surface area contributed by atoms with Crippen LogP contribution in [0, 0.1) is 0 Å². The first-order chi connectivity index (χ1) is 11.7. The molecule has 1 saturated heterocycles. The van der Waals surface area contributed by atoms with Crippen molar-refractivity contribution in [3.8, 4) is 5.75 Å². The number of rotatable bonds is 7. The SMILES string of the molecule is C[C@@H]1CCCCN1CCCNC(=O)COc1ccc2c(c1)CCC2. The molecule has 0 radical (unpaired) electrons. The number of carbonyl (C=O) groups excluding carboxylic acids is 1. The second-order valence-corrected chi connectivity index (χ2v) is 7.16. The highest BCUT2D eigenvalue weighted by atomic mass is 16.5. The van der Waals surface area contributed by atoms with Crippen molar-refractivity contribution in [2.75, 3.05) is 26.2 Å². The predicted molar refractivity (Wildman–Crippen MR) is 96.5 cm³/mol. The van der Waals surface area contributed by atoms with E-state index >= 15 is 0 Å². The van der Waals surface area contributed by atoms with E-state index < -0.39 is 0 Å². The molecule has 1 amide bonds. The lowest BCUT2D eigenvalue weighted by Gasteiger charge is -2.33. The van der Waals surface area contributed by atoms with Crippen LogP contribution in [0.15, 0.2) is 18.2 Å². The Morgan fingerprint density at radius 1 is 1.25 bits per heavy atom. The van der Waals surface area contributed by atoms with Crippen molar-refractivity contribution in [2.45, 2.75) is 57.9 Å².